The summed E-state index contributed by atoms with van der Waals surface area (Å²) in [4.78, 5) is 40.8. The quantitative estimate of drug-likeness (QED) is 0.467. The lowest BCUT2D eigenvalue weighted by Crippen LogP contribution is -2.39. The van der Waals surface area contributed by atoms with Gasteiger partial charge in [-0.1, -0.05) is 24.3 Å². The molecule has 8 nitrogen and oxygen atoms in total. The first-order valence-electron chi connectivity index (χ1n) is 11.9. The first kappa shape index (κ1) is 28.0. The molecule has 1 aliphatic rings. The maximum absolute atomic E-state index is 13.2. The van der Waals surface area contributed by atoms with Crippen molar-refractivity contribution in [1.82, 2.24) is 9.80 Å². The van der Waals surface area contributed by atoms with Gasteiger partial charge in [0.25, 0.3) is 0 Å². The Morgan fingerprint density at radius 3 is 2.11 bits per heavy atom. The number of carbonyl (C=O) groups is 3. The van der Waals surface area contributed by atoms with Crippen LogP contribution in [0.25, 0.3) is 0 Å². The summed E-state index contributed by atoms with van der Waals surface area (Å²) in [6, 6.07) is 10.8. The van der Waals surface area contributed by atoms with Crippen LogP contribution in [0.5, 0.6) is 0 Å². The predicted octanol–water partition coefficient (Wildman–Crippen LogP) is 3.52. The van der Waals surface area contributed by atoms with Crippen molar-refractivity contribution in [3.63, 3.8) is 0 Å². The monoisotopic (exact) mass is 521 g/mol. The number of carboxylic acid groups (broad SMARTS) is 2. The van der Waals surface area contributed by atoms with E-state index >= 15 is 0 Å². The van der Waals surface area contributed by atoms with Gasteiger partial charge in [0, 0.05) is 19.3 Å². The highest BCUT2D eigenvalue weighted by Crippen LogP contribution is 2.30. The van der Waals surface area contributed by atoms with Crippen LogP contribution in [0, 0.1) is 0 Å². The predicted molar refractivity (Wildman–Crippen MR) is 130 cm³/mol. The van der Waals surface area contributed by atoms with E-state index in [1.165, 1.54) is 17.0 Å². The maximum atomic E-state index is 13.2. The Hall–Kier alpha value is -3.60. The first-order chi connectivity index (χ1) is 17.4. The molecular formula is C26H30F3N3O5. The van der Waals surface area contributed by atoms with Gasteiger partial charge in [-0.2, -0.15) is 13.2 Å². The van der Waals surface area contributed by atoms with Gasteiger partial charge in [0.15, 0.2) is 0 Å². The lowest BCUT2D eigenvalue weighted by atomic mass is 10.0. The van der Waals surface area contributed by atoms with E-state index in [0.29, 0.717) is 23.4 Å². The molecule has 0 aromatic heterocycles. The molecule has 11 heteroatoms. The molecule has 0 spiro atoms. The Kier molecular flexibility index (Phi) is 9.14. The minimum absolute atomic E-state index is 0.0883. The van der Waals surface area contributed by atoms with Gasteiger partial charge >= 0.3 is 18.1 Å². The van der Waals surface area contributed by atoms with Gasteiger partial charge in [-0.25, -0.2) is 0 Å². The molecule has 0 unspecified atom stereocenters. The smallest absolute Gasteiger partial charge is 0.416 e. The molecular weight excluding hydrogens is 491 g/mol. The average Bonchev–Trinajstić information content (AvgIpc) is 3.34. The van der Waals surface area contributed by atoms with Crippen LogP contribution >= 0.6 is 0 Å². The number of anilines is 1. The number of halogens is 3. The van der Waals surface area contributed by atoms with E-state index in [1.807, 2.05) is 0 Å². The summed E-state index contributed by atoms with van der Waals surface area (Å²) in [5.41, 5.74) is 0.770. The van der Waals surface area contributed by atoms with E-state index in [0.717, 1.165) is 38.1 Å². The summed E-state index contributed by atoms with van der Waals surface area (Å²) in [5.74, 6) is -2.64. The normalized spacial score (nSPS) is 14.8. The lowest BCUT2D eigenvalue weighted by molar-refractivity contribution is -0.138. The van der Waals surface area contributed by atoms with Gasteiger partial charge < -0.3 is 24.9 Å². The molecule has 2 aromatic rings. The highest BCUT2D eigenvalue weighted by atomic mass is 19.4. The summed E-state index contributed by atoms with van der Waals surface area (Å²) in [5, 5.41) is 18.5. The molecule has 0 radical (unpaired) electrons. The summed E-state index contributed by atoms with van der Waals surface area (Å²) in [7, 11) is 1.63. The number of likely N-dealkylation sites (N-methyl/N-ethyl adjacent to an activating group) is 1. The fraction of sp³-hybridized carbons (Fsp3) is 0.423. The highest BCUT2D eigenvalue weighted by Gasteiger charge is 2.30. The van der Waals surface area contributed by atoms with Crippen molar-refractivity contribution in [2.75, 3.05) is 44.7 Å². The Morgan fingerprint density at radius 1 is 0.973 bits per heavy atom. The van der Waals surface area contributed by atoms with Crippen molar-refractivity contribution in [1.29, 1.82) is 0 Å². The molecule has 1 saturated heterocycles. The van der Waals surface area contributed by atoms with Crippen LogP contribution in [0.1, 0.15) is 35.6 Å². The highest BCUT2D eigenvalue weighted by molar-refractivity contribution is 5.80. The number of hydrogen-bond donors (Lipinski definition) is 2. The van der Waals surface area contributed by atoms with Crippen molar-refractivity contribution >= 4 is 23.5 Å². The second-order valence-electron chi connectivity index (χ2n) is 9.14. The maximum Gasteiger partial charge on any atom is 0.416 e. The van der Waals surface area contributed by atoms with Crippen LogP contribution in [0.4, 0.5) is 18.9 Å². The van der Waals surface area contributed by atoms with Crippen molar-refractivity contribution in [3.05, 3.63) is 65.2 Å². The Balaban J connectivity index is 1.86. The van der Waals surface area contributed by atoms with Crippen LogP contribution in [0.2, 0.25) is 0 Å². The van der Waals surface area contributed by atoms with Gasteiger partial charge in [0.1, 0.15) is 13.1 Å². The van der Waals surface area contributed by atoms with Crippen molar-refractivity contribution in [3.8, 4) is 0 Å². The zero-order valence-electron chi connectivity index (χ0n) is 20.4. The molecule has 1 fully saturated rings. The number of carbonyl (C=O) groups excluding carboxylic acids is 1. The molecule has 0 saturated carbocycles. The number of alkyl halides is 3. The third-order valence-corrected chi connectivity index (χ3v) is 6.40. The Labute approximate surface area is 212 Å². The van der Waals surface area contributed by atoms with E-state index in [9.17, 15) is 37.8 Å². The van der Waals surface area contributed by atoms with Crippen LogP contribution in [0.3, 0.4) is 0 Å². The molecule has 0 bridgehead atoms. The number of amides is 1. The molecule has 2 aromatic carbocycles. The van der Waals surface area contributed by atoms with Gasteiger partial charge in [-0.05, 0) is 61.3 Å². The SMILES string of the molecule is CN(C(=O)Cc1ccc(C(F)(F)F)cc1)[C@H](CN1CCCC1)c1cccc(N(CC(=O)O)CC(=O)O)c1. The number of aliphatic carboxylic acids is 2. The van der Waals surface area contributed by atoms with E-state index in [-0.39, 0.29) is 12.3 Å². The molecule has 37 heavy (non-hydrogen) atoms. The zero-order valence-corrected chi connectivity index (χ0v) is 20.4. The van der Waals surface area contributed by atoms with E-state index in [4.69, 9.17) is 0 Å². The molecule has 3 rings (SSSR count). The lowest BCUT2D eigenvalue weighted by Gasteiger charge is -2.33. The van der Waals surface area contributed by atoms with Gasteiger partial charge in [0.05, 0.1) is 18.0 Å². The summed E-state index contributed by atoms with van der Waals surface area (Å²) in [6.45, 7) is 1.23. The Morgan fingerprint density at radius 2 is 1.57 bits per heavy atom. The number of nitrogens with zero attached hydrogens (tertiary/aromatic N) is 3. The third-order valence-electron chi connectivity index (χ3n) is 6.40. The number of carboxylic acids is 2. The molecule has 2 N–H and O–H groups in total. The van der Waals surface area contributed by atoms with E-state index in [1.54, 1.807) is 36.2 Å². The summed E-state index contributed by atoms with van der Waals surface area (Å²) in [6.07, 6.45) is -2.49. The Bertz CT molecular complexity index is 1090. The molecule has 1 amide bonds. The molecule has 1 atom stereocenters. The molecule has 1 aliphatic heterocycles. The molecule has 0 aliphatic carbocycles. The fourth-order valence-electron chi connectivity index (χ4n) is 4.44. The standard InChI is InChI=1S/C26H30F3N3O5/c1-30(23(33)13-18-7-9-20(10-8-18)26(27,28)29)22(15-31-11-2-3-12-31)19-5-4-6-21(14-19)32(16-24(34)35)17-25(36)37/h4-10,14,22H,2-3,11-13,15-17H2,1H3,(H,34,35)(H,36,37)/t22-/m1/s1. The van der Waals surface area contributed by atoms with Crippen molar-refractivity contribution in [2.45, 2.75) is 31.5 Å². The molecule has 200 valence electrons. The number of rotatable bonds is 11. The van der Waals surface area contributed by atoms with Crippen molar-refractivity contribution < 1.29 is 37.8 Å². The van der Waals surface area contributed by atoms with Crippen LogP contribution in [-0.4, -0.2) is 77.6 Å². The summed E-state index contributed by atoms with van der Waals surface area (Å²) >= 11 is 0. The second-order valence-corrected chi connectivity index (χ2v) is 9.14. The van der Waals surface area contributed by atoms with E-state index in [2.05, 4.69) is 4.90 Å². The van der Waals surface area contributed by atoms with Gasteiger partial charge in [-0.3, -0.25) is 14.4 Å². The van der Waals surface area contributed by atoms with Crippen LogP contribution < -0.4 is 4.90 Å². The number of likely N-dealkylation sites (tertiary alicyclic amines) is 1. The zero-order chi connectivity index (χ0) is 27.2. The van der Waals surface area contributed by atoms with Crippen molar-refractivity contribution in [2.24, 2.45) is 0 Å². The largest absolute Gasteiger partial charge is 0.480 e. The van der Waals surface area contributed by atoms with Crippen LogP contribution in [-0.2, 0) is 27.0 Å². The average molecular weight is 522 g/mol. The fourth-order valence-corrected chi connectivity index (χ4v) is 4.44. The van der Waals surface area contributed by atoms with Gasteiger partial charge in [0.2, 0.25) is 5.91 Å². The minimum Gasteiger partial charge on any atom is -0.480 e. The van der Waals surface area contributed by atoms with Crippen LogP contribution in [0.15, 0.2) is 48.5 Å². The third kappa shape index (κ3) is 7.94. The number of hydrogen-bond acceptors (Lipinski definition) is 5. The van der Waals surface area contributed by atoms with Gasteiger partial charge in [-0.15, -0.1) is 0 Å². The minimum atomic E-state index is -4.46. The topological polar surface area (TPSA) is 101 Å². The number of benzene rings is 2. The molecule has 1 heterocycles. The summed E-state index contributed by atoms with van der Waals surface area (Å²) < 4.78 is 38.6. The first-order valence-corrected chi connectivity index (χ1v) is 11.9. The second kappa shape index (κ2) is 12.1. The van der Waals surface area contributed by atoms with E-state index < -0.39 is 42.8 Å².